The normalized spacial score (nSPS) is 12.4. The third-order valence-electron chi connectivity index (χ3n) is 4.26. The molecule has 0 radical (unpaired) electrons. The predicted octanol–water partition coefficient (Wildman–Crippen LogP) is 3.99. The number of carbonyl (C=O) groups excluding carboxylic acids is 2. The Morgan fingerprint density at radius 2 is 1.97 bits per heavy atom. The number of fused-ring (bicyclic) bond motifs is 1. The number of nitrogens with one attached hydrogen (secondary N) is 2. The van der Waals surface area contributed by atoms with E-state index in [1.54, 1.807) is 48.5 Å². The van der Waals surface area contributed by atoms with Crippen LogP contribution in [0.2, 0.25) is 0 Å². The molecule has 29 heavy (non-hydrogen) atoms. The largest absolute Gasteiger partial charge is 0.489 e. The molecule has 146 valence electrons. The van der Waals surface area contributed by atoms with Crippen LogP contribution >= 0.6 is 0 Å². The van der Waals surface area contributed by atoms with Gasteiger partial charge >= 0.3 is 0 Å². The number of rotatable bonds is 5. The van der Waals surface area contributed by atoms with Gasteiger partial charge in [-0.2, -0.15) is 0 Å². The summed E-state index contributed by atoms with van der Waals surface area (Å²) in [4.78, 5) is 24.0. The molecule has 1 aliphatic rings. The highest BCUT2D eigenvalue weighted by Gasteiger charge is 2.18. The molecule has 0 saturated heterocycles. The first-order chi connectivity index (χ1) is 14.1. The minimum Gasteiger partial charge on any atom is -0.489 e. The minimum absolute atomic E-state index is 0.0387. The van der Waals surface area contributed by atoms with E-state index in [1.165, 1.54) is 12.1 Å². The lowest BCUT2D eigenvalue weighted by molar-refractivity contribution is -0.118. The maximum absolute atomic E-state index is 13.2. The number of hydrogen-bond acceptors (Lipinski definition) is 4. The molecule has 1 heterocycles. The Morgan fingerprint density at radius 1 is 1.10 bits per heavy atom. The molecule has 0 fully saturated rings. The van der Waals surface area contributed by atoms with Crippen molar-refractivity contribution in [2.45, 2.75) is 6.61 Å². The van der Waals surface area contributed by atoms with E-state index in [2.05, 4.69) is 10.6 Å². The molecule has 3 aromatic rings. The van der Waals surface area contributed by atoms with Crippen LogP contribution in [0.15, 0.2) is 66.7 Å². The molecule has 0 atom stereocenters. The van der Waals surface area contributed by atoms with Crippen molar-refractivity contribution < 1.29 is 23.5 Å². The smallest absolute Gasteiger partial charge is 0.262 e. The maximum Gasteiger partial charge on any atom is 0.262 e. The Balaban J connectivity index is 1.43. The summed E-state index contributed by atoms with van der Waals surface area (Å²) in [5, 5.41) is 5.49. The van der Waals surface area contributed by atoms with Gasteiger partial charge in [0, 0.05) is 17.3 Å². The number of ether oxygens (including phenoxy) is 2. The molecule has 6 nitrogen and oxygen atoms in total. The Morgan fingerprint density at radius 3 is 2.83 bits per heavy atom. The number of amides is 2. The summed E-state index contributed by atoms with van der Waals surface area (Å²) in [5.41, 5.74) is 2.26. The molecule has 3 aromatic carbocycles. The quantitative estimate of drug-likeness (QED) is 0.688. The van der Waals surface area contributed by atoms with Gasteiger partial charge in [-0.3, -0.25) is 9.59 Å². The Hall–Kier alpha value is -3.87. The minimum atomic E-state index is -0.366. The van der Waals surface area contributed by atoms with Crippen LogP contribution < -0.4 is 20.1 Å². The van der Waals surface area contributed by atoms with E-state index >= 15 is 0 Å². The van der Waals surface area contributed by atoms with Crippen molar-refractivity contribution in [2.24, 2.45) is 0 Å². The van der Waals surface area contributed by atoms with Crippen molar-refractivity contribution in [3.63, 3.8) is 0 Å². The summed E-state index contributed by atoms with van der Waals surface area (Å²) < 4.78 is 24.1. The molecule has 0 aliphatic carbocycles. The average molecular weight is 392 g/mol. The summed E-state index contributed by atoms with van der Waals surface area (Å²) in [6, 6.07) is 17.9. The van der Waals surface area contributed by atoms with E-state index in [0.29, 0.717) is 28.4 Å². The van der Waals surface area contributed by atoms with Gasteiger partial charge in [-0.05, 0) is 48.0 Å². The number of carbonyl (C=O) groups is 2. The van der Waals surface area contributed by atoms with Crippen molar-refractivity contribution in [1.82, 2.24) is 0 Å². The van der Waals surface area contributed by atoms with Gasteiger partial charge in [-0.25, -0.2) is 4.39 Å². The molecular weight excluding hydrogens is 375 g/mol. The van der Waals surface area contributed by atoms with Gasteiger partial charge in [-0.15, -0.1) is 0 Å². The number of anilines is 2. The molecule has 0 unspecified atom stereocenters. The first kappa shape index (κ1) is 18.5. The molecule has 4 rings (SSSR count). The predicted molar refractivity (Wildman–Crippen MR) is 106 cm³/mol. The van der Waals surface area contributed by atoms with Crippen LogP contribution in [0, 0.1) is 5.82 Å². The molecule has 7 heteroatoms. The molecule has 2 amide bonds. The zero-order chi connectivity index (χ0) is 20.2. The molecule has 2 N–H and O–H groups in total. The molecule has 0 spiro atoms. The highest BCUT2D eigenvalue weighted by Crippen LogP contribution is 2.28. The third-order valence-corrected chi connectivity index (χ3v) is 4.26. The standard InChI is InChI=1S/C22H17FN2O4/c23-16-4-2-6-18(11-16)28-12-14-3-1-5-17(9-14)24-22(27)15-7-8-20-19(10-15)25-21(26)13-29-20/h1-11H,12-13H2,(H,24,27)(H,25,26). The summed E-state index contributed by atoms with van der Waals surface area (Å²) >= 11 is 0. The molecule has 1 aliphatic heterocycles. The van der Waals surface area contributed by atoms with Crippen LogP contribution in [-0.2, 0) is 11.4 Å². The van der Waals surface area contributed by atoms with Crippen molar-refractivity contribution in [1.29, 1.82) is 0 Å². The lowest BCUT2D eigenvalue weighted by Crippen LogP contribution is -2.25. The van der Waals surface area contributed by atoms with E-state index in [9.17, 15) is 14.0 Å². The fourth-order valence-corrected chi connectivity index (χ4v) is 2.89. The van der Waals surface area contributed by atoms with Gasteiger partial charge in [-0.1, -0.05) is 18.2 Å². The second kappa shape index (κ2) is 8.02. The van der Waals surface area contributed by atoms with Crippen LogP contribution in [0.25, 0.3) is 0 Å². The Labute approximate surface area is 166 Å². The first-order valence-electron chi connectivity index (χ1n) is 8.92. The van der Waals surface area contributed by atoms with Gasteiger partial charge in [0.2, 0.25) is 0 Å². The SMILES string of the molecule is O=C1COc2ccc(C(=O)Nc3cccc(COc4cccc(F)c4)c3)cc2N1. The molecular formula is C22H17FN2O4. The van der Waals surface area contributed by atoms with Crippen LogP contribution in [-0.4, -0.2) is 18.4 Å². The van der Waals surface area contributed by atoms with Crippen LogP contribution in [0.1, 0.15) is 15.9 Å². The molecule has 0 bridgehead atoms. The van der Waals surface area contributed by atoms with E-state index in [1.807, 2.05) is 6.07 Å². The highest BCUT2D eigenvalue weighted by molar-refractivity contribution is 6.06. The van der Waals surface area contributed by atoms with E-state index in [0.717, 1.165) is 5.56 Å². The van der Waals surface area contributed by atoms with Gasteiger partial charge in [0.25, 0.3) is 11.8 Å². The zero-order valence-electron chi connectivity index (χ0n) is 15.3. The lowest BCUT2D eigenvalue weighted by Gasteiger charge is -2.18. The Kier molecular flexibility index (Phi) is 5.11. The van der Waals surface area contributed by atoms with E-state index in [-0.39, 0.29) is 30.8 Å². The lowest BCUT2D eigenvalue weighted by atomic mass is 10.1. The number of benzene rings is 3. The molecule has 0 saturated carbocycles. The average Bonchev–Trinajstić information content (AvgIpc) is 2.72. The second-order valence-electron chi connectivity index (χ2n) is 6.45. The first-order valence-corrected chi connectivity index (χ1v) is 8.92. The third kappa shape index (κ3) is 4.52. The van der Waals surface area contributed by atoms with Gasteiger partial charge < -0.3 is 20.1 Å². The second-order valence-corrected chi connectivity index (χ2v) is 6.45. The monoisotopic (exact) mass is 392 g/mol. The fraction of sp³-hybridized carbons (Fsp3) is 0.0909. The van der Waals surface area contributed by atoms with Gasteiger partial charge in [0.15, 0.2) is 6.61 Å². The van der Waals surface area contributed by atoms with Crippen LogP contribution in [0.5, 0.6) is 11.5 Å². The highest BCUT2D eigenvalue weighted by atomic mass is 19.1. The molecule has 0 aromatic heterocycles. The summed E-state index contributed by atoms with van der Waals surface area (Å²) in [6.07, 6.45) is 0. The fourth-order valence-electron chi connectivity index (χ4n) is 2.89. The topological polar surface area (TPSA) is 76.7 Å². The van der Waals surface area contributed by atoms with E-state index in [4.69, 9.17) is 9.47 Å². The Bertz CT molecular complexity index is 1080. The maximum atomic E-state index is 13.2. The van der Waals surface area contributed by atoms with Crippen molar-refractivity contribution >= 4 is 23.2 Å². The van der Waals surface area contributed by atoms with Crippen LogP contribution in [0.4, 0.5) is 15.8 Å². The van der Waals surface area contributed by atoms with Gasteiger partial charge in [0.1, 0.15) is 23.9 Å². The summed E-state index contributed by atoms with van der Waals surface area (Å²) in [7, 11) is 0. The van der Waals surface area contributed by atoms with Crippen molar-refractivity contribution in [3.05, 3.63) is 83.7 Å². The number of halogens is 1. The van der Waals surface area contributed by atoms with Crippen LogP contribution in [0.3, 0.4) is 0 Å². The zero-order valence-corrected chi connectivity index (χ0v) is 15.3. The van der Waals surface area contributed by atoms with E-state index < -0.39 is 0 Å². The summed E-state index contributed by atoms with van der Waals surface area (Å²) in [5.74, 6) is 0.00226. The van der Waals surface area contributed by atoms with Crippen molar-refractivity contribution in [3.8, 4) is 11.5 Å². The number of hydrogen-bond donors (Lipinski definition) is 2. The van der Waals surface area contributed by atoms with Gasteiger partial charge in [0.05, 0.1) is 5.69 Å². The van der Waals surface area contributed by atoms with Crippen molar-refractivity contribution in [2.75, 3.05) is 17.2 Å². The summed E-state index contributed by atoms with van der Waals surface area (Å²) in [6.45, 7) is 0.193.